The van der Waals surface area contributed by atoms with Gasteiger partial charge in [-0.05, 0) is 33.4 Å². The molecule has 0 heterocycles. The molecular formula is C18H29ClO. The summed E-state index contributed by atoms with van der Waals surface area (Å²) in [5.41, 5.74) is 3.16. The number of rotatable bonds is 1. The second-order valence-electron chi connectivity index (χ2n) is 9.00. The molecule has 1 atom stereocenters. The van der Waals surface area contributed by atoms with Crippen LogP contribution in [0.5, 0.6) is 0 Å². The molecule has 1 rings (SSSR count). The molecule has 1 nitrogen and oxygen atoms in total. The number of allylic oxidation sites excluding steroid dienone is 4. The Morgan fingerprint density at radius 1 is 0.950 bits per heavy atom. The van der Waals surface area contributed by atoms with Gasteiger partial charge in [0, 0.05) is 11.5 Å². The molecule has 0 radical (unpaired) electrons. The third-order valence-corrected chi connectivity index (χ3v) is 4.15. The normalized spacial score (nSPS) is 21.3. The molecule has 2 heteroatoms. The predicted octanol–water partition coefficient (Wildman–Crippen LogP) is 5.74. The lowest BCUT2D eigenvalue weighted by atomic mass is 9.67. The molecule has 0 aliphatic heterocycles. The van der Waals surface area contributed by atoms with E-state index < -0.39 is 0 Å². The number of hydrogen-bond donors (Lipinski definition) is 0. The number of halogens is 1. The van der Waals surface area contributed by atoms with Crippen molar-refractivity contribution in [3.05, 3.63) is 22.8 Å². The van der Waals surface area contributed by atoms with Crippen molar-refractivity contribution in [2.45, 2.75) is 62.3 Å². The Balaban J connectivity index is 3.61. The van der Waals surface area contributed by atoms with Gasteiger partial charge < -0.3 is 0 Å². The Bertz CT molecular complexity index is 473. The summed E-state index contributed by atoms with van der Waals surface area (Å²) in [7, 11) is 0. The molecule has 1 aliphatic carbocycles. The summed E-state index contributed by atoms with van der Waals surface area (Å²) in [6.07, 6.45) is 2.23. The summed E-state index contributed by atoms with van der Waals surface area (Å²) in [5.74, 6) is 0.0988. The first kappa shape index (κ1) is 17.5. The number of hydrogen-bond acceptors (Lipinski definition) is 1. The van der Waals surface area contributed by atoms with E-state index in [1.165, 1.54) is 5.57 Å². The first-order valence-electron chi connectivity index (χ1n) is 7.34. The van der Waals surface area contributed by atoms with E-state index in [1.54, 1.807) is 0 Å². The highest BCUT2D eigenvalue weighted by Gasteiger charge is 2.44. The Morgan fingerprint density at radius 3 is 1.65 bits per heavy atom. The maximum Gasteiger partial charge on any atom is 0.249 e. The molecule has 0 saturated carbocycles. The van der Waals surface area contributed by atoms with Crippen LogP contribution < -0.4 is 0 Å². The smallest absolute Gasteiger partial charge is 0.249 e. The fourth-order valence-electron chi connectivity index (χ4n) is 3.02. The van der Waals surface area contributed by atoms with Crippen LogP contribution in [0, 0.1) is 22.2 Å². The third kappa shape index (κ3) is 3.36. The molecule has 0 fully saturated rings. The van der Waals surface area contributed by atoms with E-state index in [0.29, 0.717) is 0 Å². The van der Waals surface area contributed by atoms with E-state index in [1.807, 2.05) is 0 Å². The lowest BCUT2D eigenvalue weighted by Crippen LogP contribution is -2.30. The monoisotopic (exact) mass is 296 g/mol. The highest BCUT2D eigenvalue weighted by Crippen LogP contribution is 2.53. The van der Waals surface area contributed by atoms with Crippen LogP contribution in [0.4, 0.5) is 0 Å². The summed E-state index contributed by atoms with van der Waals surface area (Å²) in [6.45, 7) is 19.6. The quantitative estimate of drug-likeness (QED) is 0.564. The average Bonchev–Trinajstić information content (AvgIpc) is 2.53. The van der Waals surface area contributed by atoms with Gasteiger partial charge in [-0.2, -0.15) is 0 Å². The molecule has 0 N–H and O–H groups in total. The Kier molecular flexibility index (Phi) is 4.39. The van der Waals surface area contributed by atoms with Gasteiger partial charge in [0.05, 0.1) is 0 Å². The van der Waals surface area contributed by atoms with Crippen molar-refractivity contribution in [1.29, 1.82) is 0 Å². The van der Waals surface area contributed by atoms with Crippen molar-refractivity contribution < 1.29 is 4.79 Å². The van der Waals surface area contributed by atoms with Crippen molar-refractivity contribution in [3.8, 4) is 0 Å². The van der Waals surface area contributed by atoms with E-state index in [4.69, 9.17) is 11.6 Å². The minimum absolute atomic E-state index is 0.0218. The first-order chi connectivity index (χ1) is 8.67. The van der Waals surface area contributed by atoms with Crippen molar-refractivity contribution in [2.75, 3.05) is 0 Å². The van der Waals surface area contributed by atoms with Gasteiger partial charge in [0.1, 0.15) is 0 Å². The van der Waals surface area contributed by atoms with Gasteiger partial charge in [-0.1, -0.05) is 74.0 Å². The van der Waals surface area contributed by atoms with Gasteiger partial charge in [0.15, 0.2) is 0 Å². The Morgan fingerprint density at radius 2 is 1.40 bits per heavy atom. The molecular weight excluding hydrogens is 268 g/mol. The first-order valence-corrected chi connectivity index (χ1v) is 7.71. The fourth-order valence-corrected chi connectivity index (χ4v) is 3.23. The van der Waals surface area contributed by atoms with Gasteiger partial charge in [-0.15, -0.1) is 0 Å². The number of carbonyl (C=O) groups excluding carboxylic acids is 1. The maximum atomic E-state index is 12.1. The molecule has 0 saturated heterocycles. The van der Waals surface area contributed by atoms with Crippen LogP contribution in [-0.4, -0.2) is 5.24 Å². The lowest BCUT2D eigenvalue weighted by Gasteiger charge is -2.37. The van der Waals surface area contributed by atoms with Crippen LogP contribution in [0.3, 0.4) is 0 Å². The minimum Gasteiger partial charge on any atom is -0.276 e. The summed E-state index contributed by atoms with van der Waals surface area (Å²) in [6, 6.07) is 0. The molecule has 0 amide bonds. The maximum absolute atomic E-state index is 12.1. The average molecular weight is 297 g/mol. The summed E-state index contributed by atoms with van der Waals surface area (Å²) < 4.78 is 0. The van der Waals surface area contributed by atoms with E-state index in [0.717, 1.165) is 11.1 Å². The highest BCUT2D eigenvalue weighted by molar-refractivity contribution is 6.68. The molecule has 114 valence electrons. The van der Waals surface area contributed by atoms with Gasteiger partial charge in [0.25, 0.3) is 0 Å². The topological polar surface area (TPSA) is 17.1 Å². The van der Waals surface area contributed by atoms with Crippen LogP contribution in [0.2, 0.25) is 0 Å². The number of carbonyl (C=O) groups is 1. The standard InChI is InChI=1S/C18H29ClO/c1-16(2,3)11-10-12(17(4,5)6)14(18(7,8)9)13(11)15(19)20/h10,14H,1-9H3. The molecule has 0 spiro atoms. The zero-order valence-corrected chi connectivity index (χ0v) is 15.2. The van der Waals surface area contributed by atoms with Crippen molar-refractivity contribution in [3.63, 3.8) is 0 Å². The molecule has 1 aliphatic rings. The molecule has 0 aromatic rings. The molecule has 0 aromatic heterocycles. The zero-order chi connectivity index (χ0) is 16.1. The van der Waals surface area contributed by atoms with Crippen LogP contribution in [0.1, 0.15) is 62.3 Å². The minimum atomic E-state index is -0.301. The van der Waals surface area contributed by atoms with Crippen molar-refractivity contribution in [2.24, 2.45) is 22.2 Å². The summed E-state index contributed by atoms with van der Waals surface area (Å²) in [4.78, 5) is 12.1. The van der Waals surface area contributed by atoms with E-state index in [-0.39, 0.29) is 27.4 Å². The molecule has 20 heavy (non-hydrogen) atoms. The van der Waals surface area contributed by atoms with Gasteiger partial charge in [0.2, 0.25) is 5.24 Å². The summed E-state index contributed by atoms with van der Waals surface area (Å²) in [5, 5.41) is -0.301. The van der Waals surface area contributed by atoms with Crippen LogP contribution in [-0.2, 0) is 4.79 Å². The molecule has 0 aromatic carbocycles. The van der Waals surface area contributed by atoms with Gasteiger partial charge in [-0.3, -0.25) is 4.79 Å². The second-order valence-corrected chi connectivity index (χ2v) is 9.34. The SMILES string of the molecule is CC(C)(C)C1=CC(C(C)(C)C)=C(C(=O)Cl)C1C(C)(C)C. The van der Waals surface area contributed by atoms with E-state index in [9.17, 15) is 4.79 Å². The van der Waals surface area contributed by atoms with Crippen LogP contribution in [0.15, 0.2) is 22.8 Å². The Hall–Kier alpha value is -0.560. The van der Waals surface area contributed by atoms with E-state index >= 15 is 0 Å². The largest absolute Gasteiger partial charge is 0.276 e. The Labute approximate surface area is 129 Å². The molecule has 0 bridgehead atoms. The third-order valence-electron chi connectivity index (χ3n) is 3.94. The van der Waals surface area contributed by atoms with Crippen LogP contribution >= 0.6 is 11.6 Å². The van der Waals surface area contributed by atoms with Crippen molar-refractivity contribution in [1.82, 2.24) is 0 Å². The van der Waals surface area contributed by atoms with E-state index in [2.05, 4.69) is 68.4 Å². The van der Waals surface area contributed by atoms with Gasteiger partial charge >= 0.3 is 0 Å². The summed E-state index contributed by atoms with van der Waals surface area (Å²) >= 11 is 5.97. The van der Waals surface area contributed by atoms with Gasteiger partial charge in [-0.25, -0.2) is 0 Å². The molecule has 1 unspecified atom stereocenters. The second kappa shape index (κ2) is 5.02. The lowest BCUT2D eigenvalue weighted by molar-refractivity contribution is -0.109. The highest BCUT2D eigenvalue weighted by atomic mass is 35.5. The van der Waals surface area contributed by atoms with Crippen molar-refractivity contribution >= 4 is 16.8 Å². The fraction of sp³-hybridized carbons (Fsp3) is 0.722. The van der Waals surface area contributed by atoms with Crippen LogP contribution in [0.25, 0.3) is 0 Å². The predicted molar refractivity (Wildman–Crippen MR) is 87.8 cm³/mol. The zero-order valence-electron chi connectivity index (χ0n) is 14.4.